The summed E-state index contributed by atoms with van der Waals surface area (Å²) < 4.78 is 18.8. The molecule has 194 valence electrons. The first-order chi connectivity index (χ1) is 17.7. The number of ether oxygens (including phenoxy) is 3. The van der Waals surface area contributed by atoms with Gasteiger partial charge >= 0.3 is 0 Å². The normalized spacial score (nSPS) is 12.3. The summed E-state index contributed by atoms with van der Waals surface area (Å²) in [5, 5.41) is 3.07. The Kier molecular flexibility index (Phi) is 7.71. The molecule has 0 radical (unpaired) electrons. The predicted octanol–water partition coefficient (Wildman–Crippen LogP) is 5.92. The van der Waals surface area contributed by atoms with Crippen LogP contribution >= 0.6 is 0 Å². The maximum absolute atomic E-state index is 13.1. The van der Waals surface area contributed by atoms with Crippen LogP contribution in [0.2, 0.25) is 0 Å². The van der Waals surface area contributed by atoms with E-state index >= 15 is 0 Å². The van der Waals surface area contributed by atoms with Crippen LogP contribution in [0.1, 0.15) is 55.5 Å². The fourth-order valence-electron chi connectivity index (χ4n) is 4.29. The number of amides is 1. The maximum Gasteiger partial charge on any atom is 0.251 e. The van der Waals surface area contributed by atoms with Gasteiger partial charge in [0.05, 0.1) is 37.8 Å². The lowest BCUT2D eigenvalue weighted by atomic mass is 9.87. The molecule has 0 fully saturated rings. The second-order valence-electron chi connectivity index (χ2n) is 10.00. The Balaban J connectivity index is 1.50. The van der Waals surface area contributed by atoms with Crippen molar-refractivity contribution in [3.05, 3.63) is 83.7 Å². The molecule has 0 aliphatic heterocycles. The van der Waals surface area contributed by atoms with E-state index in [1.165, 1.54) is 5.56 Å². The molecule has 1 heterocycles. The molecule has 0 saturated carbocycles. The average molecular weight is 502 g/mol. The van der Waals surface area contributed by atoms with E-state index in [-0.39, 0.29) is 17.4 Å². The minimum atomic E-state index is -0.334. The molecule has 4 rings (SSSR count). The number of carbonyl (C=O) groups excluding carboxylic acids is 1. The molecule has 1 aromatic heterocycles. The van der Waals surface area contributed by atoms with E-state index in [0.29, 0.717) is 30.2 Å². The number of nitrogens with zero attached hydrogens (tertiary/aromatic N) is 2. The van der Waals surface area contributed by atoms with Crippen LogP contribution in [0.25, 0.3) is 11.0 Å². The lowest BCUT2D eigenvalue weighted by molar-refractivity contribution is 0.0937. The summed E-state index contributed by atoms with van der Waals surface area (Å²) in [5.41, 5.74) is 3.72. The molecule has 0 saturated heterocycles. The third-order valence-corrected chi connectivity index (χ3v) is 6.37. The molecule has 0 aliphatic rings. The molecule has 3 aromatic carbocycles. The van der Waals surface area contributed by atoms with Crippen molar-refractivity contribution >= 4 is 16.9 Å². The van der Waals surface area contributed by atoms with Crippen LogP contribution in [-0.4, -0.2) is 36.3 Å². The number of rotatable bonds is 9. The van der Waals surface area contributed by atoms with Crippen molar-refractivity contribution in [2.24, 2.45) is 0 Å². The van der Waals surface area contributed by atoms with E-state index in [1.54, 1.807) is 32.4 Å². The predicted molar refractivity (Wildman–Crippen MR) is 146 cm³/mol. The summed E-state index contributed by atoms with van der Waals surface area (Å²) in [6, 6.07) is 21.0. The first kappa shape index (κ1) is 26.1. The summed E-state index contributed by atoms with van der Waals surface area (Å²) >= 11 is 0. The van der Waals surface area contributed by atoms with Crippen molar-refractivity contribution in [3.8, 4) is 17.2 Å². The van der Waals surface area contributed by atoms with Gasteiger partial charge in [0.1, 0.15) is 18.2 Å². The number of fused-ring (bicyclic) bond motifs is 1. The quantitative estimate of drug-likeness (QED) is 0.308. The number of para-hydroxylation sites is 2. The molecule has 1 N–H and O–H groups in total. The number of benzene rings is 3. The van der Waals surface area contributed by atoms with E-state index in [0.717, 1.165) is 22.6 Å². The number of aromatic nitrogens is 2. The van der Waals surface area contributed by atoms with Crippen molar-refractivity contribution in [2.45, 2.75) is 45.7 Å². The molecule has 7 nitrogen and oxygen atoms in total. The van der Waals surface area contributed by atoms with Gasteiger partial charge in [-0.15, -0.1) is 0 Å². The number of carbonyl (C=O) groups is 1. The molecule has 37 heavy (non-hydrogen) atoms. The van der Waals surface area contributed by atoms with Gasteiger partial charge in [0, 0.05) is 5.56 Å². The Labute approximate surface area is 218 Å². The van der Waals surface area contributed by atoms with Gasteiger partial charge in [0.25, 0.3) is 5.91 Å². The van der Waals surface area contributed by atoms with Crippen molar-refractivity contribution in [1.29, 1.82) is 0 Å². The van der Waals surface area contributed by atoms with E-state index < -0.39 is 0 Å². The Bertz CT molecular complexity index is 1370. The van der Waals surface area contributed by atoms with E-state index in [4.69, 9.17) is 19.2 Å². The lowest BCUT2D eigenvalue weighted by Crippen LogP contribution is -2.29. The first-order valence-corrected chi connectivity index (χ1v) is 12.4. The van der Waals surface area contributed by atoms with Gasteiger partial charge < -0.3 is 24.1 Å². The number of nitrogens with one attached hydrogen (secondary N) is 1. The Morgan fingerprint density at radius 3 is 2.35 bits per heavy atom. The van der Waals surface area contributed by atoms with Gasteiger partial charge in [-0.25, -0.2) is 4.98 Å². The molecule has 0 aliphatic carbocycles. The summed E-state index contributed by atoms with van der Waals surface area (Å²) in [4.78, 5) is 17.9. The highest BCUT2D eigenvalue weighted by Gasteiger charge is 2.20. The number of imidazole rings is 1. The van der Waals surface area contributed by atoms with Gasteiger partial charge in [0.15, 0.2) is 11.5 Å². The Morgan fingerprint density at radius 1 is 0.973 bits per heavy atom. The zero-order valence-corrected chi connectivity index (χ0v) is 22.4. The van der Waals surface area contributed by atoms with E-state index in [1.807, 2.05) is 43.3 Å². The van der Waals surface area contributed by atoms with Crippen molar-refractivity contribution in [1.82, 2.24) is 14.9 Å². The Hall–Kier alpha value is -4.00. The monoisotopic (exact) mass is 501 g/mol. The summed E-state index contributed by atoms with van der Waals surface area (Å²) in [6.07, 6.45) is 0. The average Bonchev–Trinajstić information content (AvgIpc) is 3.26. The molecular formula is C30H35N3O4. The molecule has 7 heteroatoms. The lowest BCUT2D eigenvalue weighted by Gasteiger charge is -2.19. The molecule has 1 atom stereocenters. The second-order valence-corrected chi connectivity index (χ2v) is 10.00. The van der Waals surface area contributed by atoms with Crippen LogP contribution in [0, 0.1) is 0 Å². The van der Waals surface area contributed by atoms with Gasteiger partial charge in [-0.3, -0.25) is 4.79 Å². The molecule has 0 bridgehead atoms. The van der Waals surface area contributed by atoms with Crippen molar-refractivity contribution < 1.29 is 19.0 Å². The SMILES string of the molecule is COc1ccc(C(=O)NC(C)c2nc3ccccc3n2CCOc2ccc(C(C)(C)C)cc2)cc1OC. The minimum absolute atomic E-state index is 0.0979. The van der Waals surface area contributed by atoms with Crippen LogP contribution in [0.5, 0.6) is 17.2 Å². The molecule has 4 aromatic rings. The topological polar surface area (TPSA) is 74.6 Å². The zero-order chi connectivity index (χ0) is 26.6. The third kappa shape index (κ3) is 5.88. The van der Waals surface area contributed by atoms with E-state index in [9.17, 15) is 4.79 Å². The van der Waals surface area contributed by atoms with Crippen LogP contribution in [0.4, 0.5) is 0 Å². The second kappa shape index (κ2) is 10.9. The molecule has 0 spiro atoms. The smallest absolute Gasteiger partial charge is 0.251 e. The molecule has 1 unspecified atom stereocenters. The fraction of sp³-hybridized carbons (Fsp3) is 0.333. The highest BCUT2D eigenvalue weighted by Crippen LogP contribution is 2.28. The summed E-state index contributed by atoms with van der Waals surface area (Å²) in [7, 11) is 3.11. The number of hydrogen-bond acceptors (Lipinski definition) is 5. The minimum Gasteiger partial charge on any atom is -0.493 e. The van der Waals surface area contributed by atoms with Gasteiger partial charge in [-0.05, 0) is 60.4 Å². The van der Waals surface area contributed by atoms with Gasteiger partial charge in [0.2, 0.25) is 0 Å². The van der Waals surface area contributed by atoms with Crippen LogP contribution in [-0.2, 0) is 12.0 Å². The van der Waals surface area contributed by atoms with Crippen LogP contribution < -0.4 is 19.5 Å². The molecular weight excluding hydrogens is 466 g/mol. The van der Waals surface area contributed by atoms with Crippen molar-refractivity contribution in [3.63, 3.8) is 0 Å². The van der Waals surface area contributed by atoms with E-state index in [2.05, 4.69) is 42.8 Å². The molecule has 1 amide bonds. The highest BCUT2D eigenvalue weighted by molar-refractivity contribution is 5.95. The number of methoxy groups -OCH3 is 2. The Morgan fingerprint density at radius 2 is 1.68 bits per heavy atom. The largest absolute Gasteiger partial charge is 0.493 e. The maximum atomic E-state index is 13.1. The standard InChI is InChI=1S/C30H35N3O4/c1-20(31-29(34)21-11-16-26(35-5)27(19-21)36-6)28-32-24-9-7-8-10-25(24)33(28)17-18-37-23-14-12-22(13-15-23)30(2,3)4/h7-16,19-20H,17-18H2,1-6H3,(H,31,34). The van der Waals surface area contributed by atoms with Crippen LogP contribution in [0.15, 0.2) is 66.7 Å². The zero-order valence-electron chi connectivity index (χ0n) is 22.4. The summed E-state index contributed by atoms with van der Waals surface area (Å²) in [6.45, 7) is 9.58. The van der Waals surface area contributed by atoms with Crippen LogP contribution in [0.3, 0.4) is 0 Å². The first-order valence-electron chi connectivity index (χ1n) is 12.4. The number of hydrogen-bond donors (Lipinski definition) is 1. The van der Waals surface area contributed by atoms with Crippen molar-refractivity contribution in [2.75, 3.05) is 20.8 Å². The highest BCUT2D eigenvalue weighted by atomic mass is 16.5. The van der Waals surface area contributed by atoms with Gasteiger partial charge in [-0.2, -0.15) is 0 Å². The van der Waals surface area contributed by atoms with Gasteiger partial charge in [-0.1, -0.05) is 45.0 Å². The summed E-state index contributed by atoms with van der Waals surface area (Å²) in [5.74, 6) is 2.45. The third-order valence-electron chi connectivity index (χ3n) is 6.37. The fourth-order valence-corrected chi connectivity index (χ4v) is 4.29.